The Labute approximate surface area is 262 Å². The fourth-order valence-corrected chi connectivity index (χ4v) is 6.86. The molecule has 1 fully saturated rings. The van der Waals surface area contributed by atoms with E-state index in [9.17, 15) is 23.1 Å². The molecule has 3 aliphatic rings. The number of aliphatic hydroxyl groups is 1. The van der Waals surface area contributed by atoms with Crippen molar-refractivity contribution < 1.29 is 46.8 Å². The van der Waals surface area contributed by atoms with Crippen LogP contribution in [0.2, 0.25) is 0 Å². The Bertz CT molecular complexity index is 1480. The number of allylic oxidation sites excluding steroid dienone is 1. The van der Waals surface area contributed by atoms with Gasteiger partial charge in [0.1, 0.15) is 5.75 Å². The van der Waals surface area contributed by atoms with E-state index in [1.165, 1.54) is 19.2 Å². The summed E-state index contributed by atoms with van der Waals surface area (Å²) in [6, 6.07) is 11.6. The van der Waals surface area contributed by atoms with Crippen LogP contribution in [0.5, 0.6) is 17.2 Å². The quantitative estimate of drug-likeness (QED) is 0.275. The average Bonchev–Trinajstić information content (AvgIpc) is 3.70. The summed E-state index contributed by atoms with van der Waals surface area (Å²) < 4.78 is 55.8. The Hall–Kier alpha value is -3.85. The summed E-state index contributed by atoms with van der Waals surface area (Å²) in [5.74, 6) is 1.32. The Morgan fingerprint density at radius 1 is 1.13 bits per heavy atom. The lowest BCUT2D eigenvalue weighted by Crippen LogP contribution is -2.38. The first-order valence-corrected chi connectivity index (χ1v) is 16.4. The lowest BCUT2D eigenvalue weighted by atomic mass is 9.92. The van der Waals surface area contributed by atoms with Gasteiger partial charge in [-0.1, -0.05) is 6.07 Å². The Balaban J connectivity index is 1.23. The van der Waals surface area contributed by atoms with E-state index in [4.69, 9.17) is 23.7 Å². The van der Waals surface area contributed by atoms with E-state index < -0.39 is 22.2 Å². The summed E-state index contributed by atoms with van der Waals surface area (Å²) in [7, 11) is -2.43. The lowest BCUT2D eigenvalue weighted by molar-refractivity contribution is -0.146. The van der Waals surface area contributed by atoms with Crippen LogP contribution in [0.15, 0.2) is 59.2 Å². The number of methoxy groups -OCH3 is 1. The van der Waals surface area contributed by atoms with E-state index in [1.807, 2.05) is 18.2 Å². The Morgan fingerprint density at radius 2 is 1.93 bits per heavy atom. The van der Waals surface area contributed by atoms with Crippen molar-refractivity contribution in [2.75, 3.05) is 59.8 Å². The maximum atomic E-state index is 13.3. The molecule has 3 heterocycles. The molecule has 45 heavy (non-hydrogen) atoms. The Morgan fingerprint density at radius 3 is 2.67 bits per heavy atom. The largest absolute Gasteiger partial charge is 0.497 e. The first kappa shape index (κ1) is 32.5. The first-order chi connectivity index (χ1) is 21.8. The van der Waals surface area contributed by atoms with Crippen molar-refractivity contribution in [3.05, 3.63) is 59.9 Å². The molecule has 0 spiro atoms. The number of likely N-dealkylation sites (tertiary alicyclic amines) is 1. The van der Waals surface area contributed by atoms with E-state index in [0.717, 1.165) is 22.8 Å². The highest BCUT2D eigenvalue weighted by Crippen LogP contribution is 2.38. The smallest absolute Gasteiger partial charge is 0.286 e. The predicted molar refractivity (Wildman–Crippen MR) is 161 cm³/mol. The summed E-state index contributed by atoms with van der Waals surface area (Å²) in [5, 5.41) is 12.4. The van der Waals surface area contributed by atoms with Gasteiger partial charge in [-0.2, -0.15) is 4.31 Å². The molecule has 13 nitrogen and oxygen atoms in total. The zero-order valence-corrected chi connectivity index (χ0v) is 26.0. The molecule has 0 aromatic heterocycles. The van der Waals surface area contributed by atoms with Crippen LogP contribution in [-0.2, 0) is 29.1 Å². The third-order valence-corrected chi connectivity index (χ3v) is 9.77. The first-order valence-electron chi connectivity index (χ1n) is 15.0. The second-order valence-corrected chi connectivity index (χ2v) is 12.7. The predicted octanol–water partition coefficient (Wildman–Crippen LogP) is 1.97. The zero-order valence-electron chi connectivity index (χ0n) is 25.2. The standard InChI is InChI=1S/C31H39N3O10S/c1-40-24-6-8-25(9-7-24)45(38,39)34(14-16-35)15-17-41-30-20-23(22-5-10-26-27(18-22)43-21-42-26)19-28(44-30)31(37)32-11-3-13-33-12-2-4-29(33)36/h5-10,18-19,23,30,35H,2-4,11-17,20-21H2,1H3,(H,32,37). The minimum Gasteiger partial charge on any atom is -0.497 e. The second kappa shape index (κ2) is 15.0. The molecule has 1 saturated heterocycles. The van der Waals surface area contributed by atoms with Crippen molar-refractivity contribution in [1.29, 1.82) is 0 Å². The molecule has 2 atom stereocenters. The minimum atomic E-state index is -3.93. The maximum Gasteiger partial charge on any atom is 0.286 e. The summed E-state index contributed by atoms with van der Waals surface area (Å²) in [5.41, 5.74) is 0.873. The number of benzene rings is 2. The summed E-state index contributed by atoms with van der Waals surface area (Å²) in [6.45, 7) is 1.22. The third kappa shape index (κ3) is 8.06. The summed E-state index contributed by atoms with van der Waals surface area (Å²) in [4.78, 5) is 26.9. The second-order valence-electron chi connectivity index (χ2n) is 10.8. The van der Waals surface area contributed by atoms with Gasteiger partial charge < -0.3 is 39.0 Å². The highest BCUT2D eigenvalue weighted by atomic mass is 32.2. The van der Waals surface area contributed by atoms with Gasteiger partial charge in [0.15, 0.2) is 17.3 Å². The fraction of sp³-hybridized carbons (Fsp3) is 0.484. The van der Waals surface area contributed by atoms with Gasteiger partial charge >= 0.3 is 0 Å². The molecule has 0 radical (unpaired) electrons. The van der Waals surface area contributed by atoms with Crippen LogP contribution >= 0.6 is 0 Å². The summed E-state index contributed by atoms with van der Waals surface area (Å²) in [6.07, 6.45) is 3.29. The van der Waals surface area contributed by atoms with Crippen LogP contribution in [0.25, 0.3) is 0 Å². The number of nitrogens with one attached hydrogen (secondary N) is 1. The average molecular weight is 646 g/mol. The zero-order chi connectivity index (χ0) is 31.8. The van der Waals surface area contributed by atoms with Crippen LogP contribution in [0.1, 0.15) is 37.2 Å². The third-order valence-electron chi connectivity index (χ3n) is 7.86. The number of hydrogen-bond acceptors (Lipinski definition) is 10. The monoisotopic (exact) mass is 645 g/mol. The van der Waals surface area contributed by atoms with E-state index >= 15 is 0 Å². The van der Waals surface area contributed by atoms with Crippen LogP contribution in [0.3, 0.4) is 0 Å². The molecule has 244 valence electrons. The molecule has 0 aliphatic carbocycles. The van der Waals surface area contributed by atoms with Crippen LogP contribution in [0, 0.1) is 0 Å². The molecule has 0 bridgehead atoms. The normalized spacial score (nSPS) is 19.4. The van der Waals surface area contributed by atoms with Gasteiger partial charge in [-0.25, -0.2) is 8.42 Å². The number of carbonyl (C=O) groups excluding carboxylic acids is 2. The van der Waals surface area contributed by atoms with Crippen molar-refractivity contribution in [2.45, 2.75) is 42.8 Å². The van der Waals surface area contributed by atoms with Crippen molar-refractivity contribution >= 4 is 21.8 Å². The number of aliphatic hydroxyl groups excluding tert-OH is 1. The number of nitrogens with zero attached hydrogens (tertiary/aromatic N) is 2. The van der Waals surface area contributed by atoms with Crippen molar-refractivity contribution in [3.8, 4) is 17.2 Å². The lowest BCUT2D eigenvalue weighted by Gasteiger charge is -2.30. The number of amides is 2. The molecule has 0 saturated carbocycles. The molecular formula is C31H39N3O10S. The number of hydrogen-bond donors (Lipinski definition) is 2. The van der Waals surface area contributed by atoms with E-state index in [-0.39, 0.29) is 55.6 Å². The number of ether oxygens (including phenoxy) is 5. The topological polar surface area (TPSA) is 153 Å². The van der Waals surface area contributed by atoms with E-state index in [2.05, 4.69) is 5.32 Å². The fourth-order valence-electron chi connectivity index (χ4n) is 5.44. The molecule has 14 heteroatoms. The van der Waals surface area contributed by atoms with Crippen LogP contribution in [-0.4, -0.2) is 101 Å². The molecule has 2 amide bonds. The van der Waals surface area contributed by atoms with Gasteiger partial charge in [0.2, 0.25) is 29.0 Å². The van der Waals surface area contributed by atoms with Gasteiger partial charge in [0.05, 0.1) is 25.2 Å². The Kier molecular flexibility index (Phi) is 10.8. The molecule has 5 rings (SSSR count). The van der Waals surface area contributed by atoms with Crippen LogP contribution in [0.4, 0.5) is 0 Å². The van der Waals surface area contributed by atoms with Gasteiger partial charge in [-0.15, -0.1) is 0 Å². The highest BCUT2D eigenvalue weighted by Gasteiger charge is 2.31. The van der Waals surface area contributed by atoms with Gasteiger partial charge in [-0.05, 0) is 60.9 Å². The molecule has 2 unspecified atom stereocenters. The number of sulfonamides is 1. The van der Waals surface area contributed by atoms with Gasteiger partial charge in [0.25, 0.3) is 5.91 Å². The molecular weight excluding hydrogens is 606 g/mol. The van der Waals surface area contributed by atoms with Crippen molar-refractivity contribution in [3.63, 3.8) is 0 Å². The highest BCUT2D eigenvalue weighted by molar-refractivity contribution is 7.89. The number of carbonyl (C=O) groups is 2. The maximum absolute atomic E-state index is 13.3. The van der Waals surface area contributed by atoms with Crippen molar-refractivity contribution in [1.82, 2.24) is 14.5 Å². The SMILES string of the molecule is COc1ccc(S(=O)(=O)N(CCO)CCOC2CC(c3ccc4c(c3)OCO4)C=C(C(=O)NCCCN3CCCC3=O)O2)cc1. The molecule has 2 aromatic carbocycles. The minimum absolute atomic E-state index is 0.0489. The van der Waals surface area contributed by atoms with Crippen molar-refractivity contribution in [2.24, 2.45) is 0 Å². The number of fused-ring (bicyclic) bond motifs is 1. The van der Waals surface area contributed by atoms with Gasteiger partial charge in [-0.3, -0.25) is 9.59 Å². The molecule has 2 aromatic rings. The number of rotatable bonds is 15. The van der Waals surface area contributed by atoms with Gasteiger partial charge in [0, 0.05) is 51.5 Å². The van der Waals surface area contributed by atoms with E-state index in [1.54, 1.807) is 23.1 Å². The van der Waals surface area contributed by atoms with Crippen LogP contribution < -0.4 is 19.5 Å². The summed E-state index contributed by atoms with van der Waals surface area (Å²) >= 11 is 0. The molecule has 3 aliphatic heterocycles. The van der Waals surface area contributed by atoms with E-state index in [0.29, 0.717) is 49.6 Å². The molecule has 2 N–H and O–H groups in total.